The van der Waals surface area contributed by atoms with Gasteiger partial charge in [-0.25, -0.2) is 43.3 Å². The molecule has 0 heterocycles. The van der Waals surface area contributed by atoms with E-state index in [0.29, 0.717) is 11.1 Å². The van der Waals surface area contributed by atoms with E-state index in [-0.39, 0.29) is 9.79 Å². The standard InChI is InChI=1S/C28H28N6O11S4/c1-19-13-15-23(25(17-19)46(37,38)21-9-5-3-6-10-21)48(41,42)33-29-27(35)31-45-32-28(36)30-34-49(43,44)24-16-14-20(2)18-26(24)47(39,40)22-11-7-4-8-12-22/h3-18,33-34H,1-2H3,(H2,29,31,35)(H2,30,32,36). The van der Waals surface area contributed by atoms with Crippen LogP contribution < -0.4 is 31.5 Å². The maximum absolute atomic E-state index is 13.2. The van der Waals surface area contributed by atoms with E-state index in [0.717, 1.165) is 24.3 Å². The van der Waals surface area contributed by atoms with Gasteiger partial charge in [0, 0.05) is 0 Å². The number of sulfone groups is 2. The van der Waals surface area contributed by atoms with Crippen LogP contribution in [0.5, 0.6) is 0 Å². The highest BCUT2D eigenvalue weighted by atomic mass is 32.2. The molecule has 4 aromatic carbocycles. The van der Waals surface area contributed by atoms with Gasteiger partial charge in [-0.3, -0.25) is 10.9 Å². The molecule has 0 unspecified atom stereocenters. The van der Waals surface area contributed by atoms with Gasteiger partial charge in [0.05, 0.1) is 19.6 Å². The molecule has 4 aromatic rings. The summed E-state index contributed by atoms with van der Waals surface area (Å²) in [6, 6.07) is 18.4. The van der Waals surface area contributed by atoms with Crippen LogP contribution in [0, 0.1) is 13.8 Å². The molecule has 0 aliphatic carbocycles. The molecule has 0 radical (unpaired) electrons. The number of hydrogen-bond donors (Lipinski definition) is 6. The number of hydrogen-bond acceptors (Lipinski definition) is 11. The molecule has 0 saturated heterocycles. The average molecular weight is 753 g/mol. The Kier molecular flexibility index (Phi) is 11.1. The first-order chi connectivity index (χ1) is 22.9. The van der Waals surface area contributed by atoms with E-state index in [1.54, 1.807) is 57.5 Å². The predicted molar refractivity (Wildman–Crippen MR) is 171 cm³/mol. The Morgan fingerprint density at radius 1 is 0.490 bits per heavy atom. The summed E-state index contributed by atoms with van der Waals surface area (Å²) in [5.74, 6) is 0. The van der Waals surface area contributed by atoms with E-state index in [1.807, 2.05) is 0 Å². The minimum atomic E-state index is -4.70. The highest BCUT2D eigenvalue weighted by Crippen LogP contribution is 2.29. The lowest BCUT2D eigenvalue weighted by Crippen LogP contribution is -2.51. The van der Waals surface area contributed by atoms with Gasteiger partial charge in [0.1, 0.15) is 9.79 Å². The normalized spacial score (nSPS) is 12.1. The Labute approximate surface area is 281 Å². The van der Waals surface area contributed by atoms with Gasteiger partial charge in [-0.05, 0) is 73.5 Å². The number of rotatable bonds is 12. The van der Waals surface area contributed by atoms with Crippen molar-refractivity contribution in [2.45, 2.75) is 43.2 Å². The molecule has 49 heavy (non-hydrogen) atoms. The summed E-state index contributed by atoms with van der Waals surface area (Å²) in [7, 11) is -18.0. The zero-order valence-electron chi connectivity index (χ0n) is 25.4. The van der Waals surface area contributed by atoms with Gasteiger partial charge in [-0.15, -0.1) is 9.66 Å². The fourth-order valence-electron chi connectivity index (χ4n) is 4.05. The van der Waals surface area contributed by atoms with Gasteiger partial charge in [0.25, 0.3) is 20.0 Å². The highest BCUT2D eigenvalue weighted by Gasteiger charge is 2.30. The Bertz CT molecular complexity index is 2160. The Hall–Kier alpha value is -4.90. The number of carbonyl (C=O) groups is 2. The second-order valence-electron chi connectivity index (χ2n) is 9.96. The van der Waals surface area contributed by atoms with Gasteiger partial charge >= 0.3 is 12.1 Å². The molecule has 0 atom stereocenters. The summed E-state index contributed by atoms with van der Waals surface area (Å²) >= 11 is 0. The van der Waals surface area contributed by atoms with Crippen molar-refractivity contribution < 1.29 is 48.2 Å². The maximum atomic E-state index is 13.2. The van der Waals surface area contributed by atoms with E-state index in [1.165, 1.54) is 60.7 Å². The zero-order valence-corrected chi connectivity index (χ0v) is 28.6. The number of benzene rings is 4. The summed E-state index contributed by atoms with van der Waals surface area (Å²) in [5, 5.41) is 0. The molecule has 0 aromatic heterocycles. The van der Waals surface area contributed by atoms with Gasteiger partial charge in [0.2, 0.25) is 19.7 Å². The fourth-order valence-corrected chi connectivity index (χ4v) is 10.1. The van der Waals surface area contributed by atoms with E-state index in [9.17, 15) is 43.3 Å². The molecule has 0 aliphatic rings. The van der Waals surface area contributed by atoms with Gasteiger partial charge < -0.3 is 0 Å². The van der Waals surface area contributed by atoms with Crippen molar-refractivity contribution in [2.24, 2.45) is 0 Å². The van der Waals surface area contributed by atoms with Crippen LogP contribution in [0.1, 0.15) is 11.1 Å². The number of amides is 4. The molecule has 260 valence electrons. The van der Waals surface area contributed by atoms with Crippen LogP contribution in [0.15, 0.2) is 126 Å². The SMILES string of the molecule is Cc1ccc(S(=O)(=O)NNC(=O)NONC(=O)NNS(=O)(=O)c2ccc(C)cc2S(=O)(=O)c2ccccc2)c(S(=O)(=O)c2ccccc2)c1. The van der Waals surface area contributed by atoms with Crippen LogP contribution in [0.3, 0.4) is 0 Å². The van der Waals surface area contributed by atoms with Crippen molar-refractivity contribution >= 4 is 51.8 Å². The third-order valence-electron chi connectivity index (χ3n) is 6.35. The number of aryl methyl sites for hydroxylation is 2. The molecular formula is C28H28N6O11S4. The molecule has 0 bridgehead atoms. The summed E-state index contributed by atoms with van der Waals surface area (Å²) in [6.07, 6.45) is 0. The summed E-state index contributed by atoms with van der Waals surface area (Å²) in [6.45, 7) is 3.11. The molecular weight excluding hydrogens is 725 g/mol. The van der Waals surface area contributed by atoms with Crippen LogP contribution in [0.25, 0.3) is 0 Å². The van der Waals surface area contributed by atoms with Crippen molar-refractivity contribution in [3.8, 4) is 0 Å². The van der Waals surface area contributed by atoms with Crippen LogP contribution in [-0.2, 0) is 44.7 Å². The summed E-state index contributed by atoms with van der Waals surface area (Å²) in [4.78, 5) is 29.2. The third-order valence-corrected chi connectivity index (χ3v) is 12.8. The lowest BCUT2D eigenvalue weighted by Gasteiger charge is -2.15. The lowest BCUT2D eigenvalue weighted by atomic mass is 10.2. The topological polar surface area (TPSA) is 252 Å². The number of hydroxylamine groups is 2. The molecule has 0 spiro atoms. The fraction of sp³-hybridized carbons (Fsp3) is 0.0714. The summed E-state index contributed by atoms with van der Waals surface area (Å²) < 4.78 is 105. The molecule has 0 saturated carbocycles. The third kappa shape index (κ3) is 8.77. The van der Waals surface area contributed by atoms with Crippen LogP contribution in [0.2, 0.25) is 0 Å². The predicted octanol–water partition coefficient (Wildman–Crippen LogP) is 1.50. The average Bonchev–Trinajstić information content (AvgIpc) is 3.07. The highest BCUT2D eigenvalue weighted by molar-refractivity contribution is 7.94. The van der Waals surface area contributed by atoms with E-state index < -0.39 is 71.4 Å². The smallest absolute Gasteiger partial charge is 0.257 e. The zero-order chi connectivity index (χ0) is 36.0. The quantitative estimate of drug-likeness (QED) is 0.113. The molecule has 0 aliphatic heterocycles. The first-order valence-electron chi connectivity index (χ1n) is 13.6. The second-order valence-corrected chi connectivity index (χ2v) is 17.1. The minimum Gasteiger partial charge on any atom is -0.257 e. The second kappa shape index (κ2) is 14.7. The van der Waals surface area contributed by atoms with E-state index in [2.05, 4.69) is 4.94 Å². The van der Waals surface area contributed by atoms with Crippen LogP contribution in [0.4, 0.5) is 9.59 Å². The molecule has 4 amide bonds. The first-order valence-corrected chi connectivity index (χ1v) is 19.5. The van der Waals surface area contributed by atoms with Crippen molar-refractivity contribution in [1.29, 1.82) is 0 Å². The van der Waals surface area contributed by atoms with Crippen molar-refractivity contribution in [2.75, 3.05) is 0 Å². The lowest BCUT2D eigenvalue weighted by molar-refractivity contribution is 0.00361. The Morgan fingerprint density at radius 2 is 0.837 bits per heavy atom. The van der Waals surface area contributed by atoms with Gasteiger partial charge in [0.15, 0.2) is 0 Å². The Balaban J connectivity index is 1.35. The maximum Gasteiger partial charge on any atom is 0.355 e. The number of nitrogens with one attached hydrogen (secondary N) is 6. The molecule has 6 N–H and O–H groups in total. The number of sulfonamides is 2. The van der Waals surface area contributed by atoms with Crippen LogP contribution in [-0.4, -0.2) is 45.7 Å². The number of hydrazine groups is 2. The van der Waals surface area contributed by atoms with Gasteiger partial charge in [-0.1, -0.05) is 48.5 Å². The Morgan fingerprint density at radius 3 is 1.18 bits per heavy atom. The van der Waals surface area contributed by atoms with E-state index >= 15 is 0 Å². The number of carbonyl (C=O) groups excluding carboxylic acids is 2. The van der Waals surface area contributed by atoms with Crippen molar-refractivity contribution in [3.05, 3.63) is 108 Å². The first kappa shape index (κ1) is 36.9. The number of urea groups is 2. The molecule has 0 fully saturated rings. The van der Waals surface area contributed by atoms with Crippen molar-refractivity contribution in [3.63, 3.8) is 0 Å². The van der Waals surface area contributed by atoms with E-state index in [4.69, 9.17) is 0 Å². The van der Waals surface area contributed by atoms with Crippen LogP contribution >= 0.6 is 0 Å². The molecule has 21 heteroatoms. The summed E-state index contributed by atoms with van der Waals surface area (Å²) in [5.41, 5.74) is 7.43. The largest absolute Gasteiger partial charge is 0.355 e. The molecule has 4 rings (SSSR count). The van der Waals surface area contributed by atoms with Gasteiger partial charge in [-0.2, -0.15) is 15.9 Å². The monoisotopic (exact) mass is 752 g/mol. The van der Waals surface area contributed by atoms with Crippen molar-refractivity contribution in [1.82, 2.24) is 31.5 Å². The molecule has 17 nitrogen and oxygen atoms in total. The minimum absolute atomic E-state index is 0.167.